The highest BCUT2D eigenvalue weighted by Crippen LogP contribution is 2.36. The number of esters is 2. The van der Waals surface area contributed by atoms with Gasteiger partial charge in [-0.15, -0.1) is 20.4 Å². The van der Waals surface area contributed by atoms with Crippen molar-refractivity contribution in [1.29, 1.82) is 0 Å². The summed E-state index contributed by atoms with van der Waals surface area (Å²) in [5.41, 5.74) is 13.1. The van der Waals surface area contributed by atoms with Crippen molar-refractivity contribution in [1.82, 2.24) is 20.4 Å². The normalized spacial score (nSPS) is 14.3. The van der Waals surface area contributed by atoms with E-state index in [-0.39, 0.29) is 23.1 Å². The standard InChI is InChI=1S/C14H19BO4.C12H11N3O2.C4H4ClN3/c1-13(2)14(3,4)19-15(18-13)11-8-6-7-10(9-11)12(16)17-5;1-17-12(16)9-4-2-3-8(7-9)10-5-6-11(13)15-14-10;5-3-1-2-4(6)8-7-3/h6-9H,1-5H3;2-7H,1H3,(H2,13,15);1-2H,(H2,6,8). The summed E-state index contributed by atoms with van der Waals surface area (Å²) in [6.45, 7) is 7.99. The number of halogens is 1. The number of benzene rings is 2. The van der Waals surface area contributed by atoms with Crippen molar-refractivity contribution in [3.05, 3.63) is 89.1 Å². The summed E-state index contributed by atoms with van der Waals surface area (Å²) < 4.78 is 21.3. The molecule has 230 valence electrons. The molecule has 0 radical (unpaired) electrons. The molecule has 0 amide bonds. The van der Waals surface area contributed by atoms with Crippen LogP contribution in [0.4, 0.5) is 11.6 Å². The maximum atomic E-state index is 11.5. The highest BCUT2D eigenvalue weighted by Gasteiger charge is 2.51. The van der Waals surface area contributed by atoms with E-state index < -0.39 is 7.12 Å². The van der Waals surface area contributed by atoms with E-state index in [0.29, 0.717) is 33.6 Å². The minimum atomic E-state index is -0.463. The first-order chi connectivity index (χ1) is 20.8. The van der Waals surface area contributed by atoms with Crippen LogP contribution in [0, 0.1) is 0 Å². The van der Waals surface area contributed by atoms with Gasteiger partial charge in [0, 0.05) is 5.56 Å². The van der Waals surface area contributed by atoms with Crippen LogP contribution < -0.4 is 16.9 Å². The van der Waals surface area contributed by atoms with Gasteiger partial charge in [-0.2, -0.15) is 0 Å². The Hall–Kier alpha value is -4.59. The molecule has 3 heterocycles. The molecule has 44 heavy (non-hydrogen) atoms. The zero-order valence-corrected chi connectivity index (χ0v) is 26.0. The molecule has 1 saturated heterocycles. The number of aromatic nitrogens is 4. The number of methoxy groups -OCH3 is 2. The van der Waals surface area contributed by atoms with Crippen LogP contribution in [0.5, 0.6) is 0 Å². The van der Waals surface area contributed by atoms with E-state index in [4.69, 9.17) is 37.1 Å². The number of nitrogens with zero attached hydrogens (tertiary/aromatic N) is 4. The second-order valence-corrected chi connectivity index (χ2v) is 10.8. The van der Waals surface area contributed by atoms with Gasteiger partial charge in [-0.05, 0) is 81.7 Å². The van der Waals surface area contributed by atoms with Gasteiger partial charge in [-0.3, -0.25) is 0 Å². The van der Waals surface area contributed by atoms with E-state index in [0.717, 1.165) is 11.0 Å². The van der Waals surface area contributed by atoms with Crippen LogP contribution in [0.2, 0.25) is 5.15 Å². The second-order valence-electron chi connectivity index (χ2n) is 10.4. The third-order valence-corrected chi connectivity index (χ3v) is 6.95. The number of anilines is 2. The molecule has 14 heteroatoms. The highest BCUT2D eigenvalue weighted by molar-refractivity contribution is 6.62. The van der Waals surface area contributed by atoms with Crippen LogP contribution in [0.3, 0.4) is 0 Å². The number of hydrogen-bond acceptors (Lipinski definition) is 12. The van der Waals surface area contributed by atoms with Crippen LogP contribution in [0.25, 0.3) is 11.3 Å². The lowest BCUT2D eigenvalue weighted by Gasteiger charge is -2.32. The van der Waals surface area contributed by atoms with E-state index >= 15 is 0 Å². The number of rotatable bonds is 4. The van der Waals surface area contributed by atoms with Crippen molar-refractivity contribution in [3.8, 4) is 11.3 Å². The maximum Gasteiger partial charge on any atom is 0.494 e. The van der Waals surface area contributed by atoms with Crippen molar-refractivity contribution >= 4 is 47.8 Å². The fraction of sp³-hybridized carbons (Fsp3) is 0.267. The van der Waals surface area contributed by atoms with Crippen molar-refractivity contribution < 1.29 is 28.4 Å². The molecule has 12 nitrogen and oxygen atoms in total. The van der Waals surface area contributed by atoms with Gasteiger partial charge in [0.2, 0.25) is 0 Å². The fourth-order valence-corrected chi connectivity index (χ4v) is 3.76. The molecule has 1 fully saturated rings. The minimum Gasteiger partial charge on any atom is -0.465 e. The summed E-state index contributed by atoms with van der Waals surface area (Å²) in [6.07, 6.45) is 0. The van der Waals surface area contributed by atoms with Crippen molar-refractivity contribution in [3.63, 3.8) is 0 Å². The predicted molar refractivity (Wildman–Crippen MR) is 168 cm³/mol. The van der Waals surface area contributed by atoms with Gasteiger partial charge >= 0.3 is 19.1 Å². The first-order valence-electron chi connectivity index (χ1n) is 13.3. The van der Waals surface area contributed by atoms with Gasteiger partial charge in [0.05, 0.1) is 42.2 Å². The number of nitrogens with two attached hydrogens (primary N) is 2. The van der Waals surface area contributed by atoms with Gasteiger partial charge < -0.3 is 30.2 Å². The summed E-state index contributed by atoms with van der Waals surface area (Å²) in [4.78, 5) is 22.9. The largest absolute Gasteiger partial charge is 0.494 e. The quantitative estimate of drug-likeness (QED) is 0.248. The summed E-state index contributed by atoms with van der Waals surface area (Å²) in [7, 11) is 2.25. The van der Waals surface area contributed by atoms with Crippen LogP contribution in [0.15, 0.2) is 72.8 Å². The average molecular weight is 621 g/mol. The number of nitrogen functional groups attached to an aromatic ring is 2. The van der Waals surface area contributed by atoms with Crippen LogP contribution in [-0.2, 0) is 18.8 Å². The molecule has 1 aliphatic heterocycles. The fourth-order valence-electron chi connectivity index (χ4n) is 3.66. The smallest absolute Gasteiger partial charge is 0.465 e. The van der Waals surface area contributed by atoms with Crippen molar-refractivity contribution in [2.24, 2.45) is 0 Å². The Balaban J connectivity index is 0.000000194. The SMILES string of the molecule is COC(=O)c1cccc(-c2ccc(N)nn2)c1.COC(=O)c1cccc(B2OC(C)(C)C(C)(C)O2)c1.Nc1ccc(Cl)nn1. The first kappa shape index (κ1) is 33.9. The lowest BCUT2D eigenvalue weighted by atomic mass is 9.78. The average Bonchev–Trinajstić information content (AvgIpc) is 3.25. The summed E-state index contributed by atoms with van der Waals surface area (Å²) in [5.74, 6) is 0.000828. The Morgan fingerprint density at radius 1 is 0.727 bits per heavy atom. The highest BCUT2D eigenvalue weighted by atomic mass is 35.5. The van der Waals surface area contributed by atoms with Crippen molar-refractivity contribution in [2.75, 3.05) is 25.7 Å². The Bertz CT molecular complexity index is 1530. The second kappa shape index (κ2) is 14.7. The molecule has 0 saturated carbocycles. The monoisotopic (exact) mass is 620 g/mol. The first-order valence-corrected chi connectivity index (χ1v) is 13.7. The summed E-state index contributed by atoms with van der Waals surface area (Å²) >= 11 is 5.38. The lowest BCUT2D eigenvalue weighted by molar-refractivity contribution is 0.00578. The molecule has 5 rings (SSSR count). The van der Waals surface area contributed by atoms with E-state index in [9.17, 15) is 9.59 Å². The van der Waals surface area contributed by atoms with Gasteiger partial charge in [0.25, 0.3) is 0 Å². The molecule has 4 aromatic rings. The van der Waals surface area contributed by atoms with Crippen LogP contribution >= 0.6 is 11.6 Å². The van der Waals surface area contributed by atoms with Gasteiger partial charge in [0.1, 0.15) is 11.6 Å². The zero-order valence-electron chi connectivity index (χ0n) is 25.3. The molecule has 0 spiro atoms. The molecule has 0 aliphatic carbocycles. The summed E-state index contributed by atoms with van der Waals surface area (Å²) in [6, 6.07) is 20.7. The molecular formula is C30H34BClN6O6. The molecule has 2 aromatic carbocycles. The number of ether oxygens (including phenoxy) is 2. The molecular weight excluding hydrogens is 587 g/mol. The van der Waals surface area contributed by atoms with Crippen LogP contribution in [-0.4, -0.2) is 64.9 Å². The van der Waals surface area contributed by atoms with Gasteiger partial charge in [0.15, 0.2) is 5.15 Å². The van der Waals surface area contributed by atoms with E-state index in [1.165, 1.54) is 14.2 Å². The van der Waals surface area contributed by atoms with E-state index in [1.807, 2.05) is 39.8 Å². The number of carbonyl (C=O) groups excluding carboxylic acids is 2. The molecule has 2 aromatic heterocycles. The Morgan fingerprint density at radius 3 is 1.73 bits per heavy atom. The lowest BCUT2D eigenvalue weighted by Crippen LogP contribution is -2.41. The molecule has 0 bridgehead atoms. The zero-order chi connectivity index (χ0) is 32.5. The number of carbonyl (C=O) groups is 2. The van der Waals surface area contributed by atoms with E-state index in [1.54, 1.807) is 60.7 Å². The predicted octanol–water partition coefficient (Wildman–Crippen LogP) is 4.00. The Kier molecular flexibility index (Phi) is 11.4. The molecule has 0 atom stereocenters. The molecule has 1 aliphatic rings. The van der Waals surface area contributed by atoms with Crippen molar-refractivity contribution in [2.45, 2.75) is 38.9 Å². The Morgan fingerprint density at radius 2 is 1.25 bits per heavy atom. The molecule has 0 unspecified atom stereocenters. The van der Waals surface area contributed by atoms with Gasteiger partial charge in [-0.25, -0.2) is 9.59 Å². The van der Waals surface area contributed by atoms with Gasteiger partial charge in [-0.1, -0.05) is 35.9 Å². The topological polar surface area (TPSA) is 175 Å². The summed E-state index contributed by atoms with van der Waals surface area (Å²) in [5, 5.41) is 15.0. The third-order valence-electron chi connectivity index (χ3n) is 6.75. The maximum absolute atomic E-state index is 11.5. The third kappa shape index (κ3) is 8.96. The van der Waals surface area contributed by atoms with E-state index in [2.05, 4.69) is 25.1 Å². The minimum absolute atomic E-state index is 0.359. The Labute approximate surface area is 261 Å². The number of hydrogen-bond donors (Lipinski definition) is 2. The molecule has 4 N–H and O–H groups in total. The van der Waals surface area contributed by atoms with Crippen LogP contribution in [0.1, 0.15) is 48.4 Å².